The molecule has 2 amide bonds. The van der Waals surface area contributed by atoms with Crippen LogP contribution in [-0.2, 0) is 26.2 Å². The zero-order valence-electron chi connectivity index (χ0n) is 21.9. The van der Waals surface area contributed by atoms with Crippen molar-refractivity contribution in [3.05, 3.63) is 93.6 Å². The molecule has 202 valence electrons. The van der Waals surface area contributed by atoms with Gasteiger partial charge in [-0.15, -0.1) is 0 Å². The first-order chi connectivity index (χ1) is 18.2. The van der Waals surface area contributed by atoms with Crippen molar-refractivity contribution in [1.29, 1.82) is 0 Å². The number of benzene rings is 3. The molecular formula is C29H34IN3O4S. The van der Waals surface area contributed by atoms with Crippen molar-refractivity contribution >= 4 is 50.1 Å². The largest absolute Gasteiger partial charge is 0.354 e. The smallest absolute Gasteiger partial charge is 0.264 e. The molecule has 38 heavy (non-hydrogen) atoms. The van der Waals surface area contributed by atoms with Gasteiger partial charge in [-0.05, 0) is 84.3 Å². The van der Waals surface area contributed by atoms with E-state index in [4.69, 9.17) is 0 Å². The van der Waals surface area contributed by atoms with Crippen molar-refractivity contribution in [2.45, 2.75) is 51.1 Å². The normalized spacial score (nSPS) is 12.0. The minimum absolute atomic E-state index is 0.0872. The highest BCUT2D eigenvalue weighted by Crippen LogP contribution is 2.25. The Morgan fingerprint density at radius 1 is 0.921 bits per heavy atom. The maximum Gasteiger partial charge on any atom is 0.264 e. The molecule has 0 bridgehead atoms. The molecule has 0 aliphatic rings. The quantitative estimate of drug-likeness (QED) is 0.277. The fourth-order valence-electron chi connectivity index (χ4n) is 4.03. The maximum atomic E-state index is 14.0. The van der Waals surface area contributed by atoms with Crippen LogP contribution in [0, 0.1) is 10.5 Å². The van der Waals surface area contributed by atoms with Crippen LogP contribution in [0.2, 0.25) is 0 Å². The molecule has 0 unspecified atom stereocenters. The highest BCUT2D eigenvalue weighted by atomic mass is 127. The van der Waals surface area contributed by atoms with Crippen LogP contribution in [0.5, 0.6) is 0 Å². The van der Waals surface area contributed by atoms with Crippen LogP contribution in [0.15, 0.2) is 83.8 Å². The van der Waals surface area contributed by atoms with E-state index in [2.05, 4.69) is 27.9 Å². The second kappa shape index (κ2) is 13.7. The molecular weight excluding hydrogens is 613 g/mol. The predicted octanol–water partition coefficient (Wildman–Crippen LogP) is 5.13. The van der Waals surface area contributed by atoms with E-state index in [1.54, 1.807) is 42.5 Å². The maximum absolute atomic E-state index is 14.0. The number of amides is 2. The lowest BCUT2D eigenvalue weighted by molar-refractivity contribution is -0.140. The van der Waals surface area contributed by atoms with Gasteiger partial charge in [-0.1, -0.05) is 61.9 Å². The summed E-state index contributed by atoms with van der Waals surface area (Å²) in [5, 5.41) is 2.90. The van der Waals surface area contributed by atoms with Gasteiger partial charge in [0.05, 0.1) is 10.6 Å². The molecule has 0 aliphatic heterocycles. The lowest BCUT2D eigenvalue weighted by Crippen LogP contribution is -2.52. The summed E-state index contributed by atoms with van der Waals surface area (Å²) < 4.78 is 29.6. The lowest BCUT2D eigenvalue weighted by Gasteiger charge is -2.33. The third kappa shape index (κ3) is 7.57. The fourth-order valence-corrected chi connectivity index (χ4v) is 5.83. The molecule has 0 saturated heterocycles. The van der Waals surface area contributed by atoms with Crippen LogP contribution >= 0.6 is 22.6 Å². The summed E-state index contributed by atoms with van der Waals surface area (Å²) in [5.74, 6) is -0.705. The van der Waals surface area contributed by atoms with Gasteiger partial charge in [0.1, 0.15) is 12.6 Å². The average molecular weight is 648 g/mol. The van der Waals surface area contributed by atoms with Crippen molar-refractivity contribution in [1.82, 2.24) is 10.2 Å². The third-order valence-corrected chi connectivity index (χ3v) is 8.64. The van der Waals surface area contributed by atoms with Crippen LogP contribution in [0.4, 0.5) is 5.69 Å². The van der Waals surface area contributed by atoms with Crippen LogP contribution < -0.4 is 9.62 Å². The van der Waals surface area contributed by atoms with Gasteiger partial charge in [-0.25, -0.2) is 8.42 Å². The van der Waals surface area contributed by atoms with Gasteiger partial charge in [0.15, 0.2) is 0 Å². The summed E-state index contributed by atoms with van der Waals surface area (Å²) >= 11 is 2.15. The number of carbonyl (C=O) groups excluding carboxylic acids is 2. The Kier molecular flexibility index (Phi) is 10.7. The highest BCUT2D eigenvalue weighted by Gasteiger charge is 2.33. The first-order valence-electron chi connectivity index (χ1n) is 12.6. The van der Waals surface area contributed by atoms with Gasteiger partial charge in [0.2, 0.25) is 11.8 Å². The molecule has 0 aliphatic carbocycles. The molecule has 0 heterocycles. The zero-order valence-corrected chi connectivity index (χ0v) is 24.9. The van der Waals surface area contributed by atoms with Crippen molar-refractivity contribution in [2.75, 3.05) is 17.4 Å². The Hall–Kier alpha value is -2.92. The second-order valence-corrected chi connectivity index (χ2v) is 12.1. The number of aryl methyl sites for hydroxylation is 1. The van der Waals surface area contributed by atoms with Crippen molar-refractivity contribution in [3.8, 4) is 0 Å². The molecule has 0 saturated carbocycles. The Morgan fingerprint density at radius 3 is 2.13 bits per heavy atom. The average Bonchev–Trinajstić information content (AvgIpc) is 2.92. The molecule has 1 atom stereocenters. The van der Waals surface area contributed by atoms with Gasteiger partial charge >= 0.3 is 0 Å². The Labute approximate surface area is 239 Å². The monoisotopic (exact) mass is 647 g/mol. The summed E-state index contributed by atoms with van der Waals surface area (Å²) in [6.45, 7) is 6.03. The van der Waals surface area contributed by atoms with E-state index in [1.807, 2.05) is 45.0 Å². The molecule has 0 aromatic heterocycles. The standard InChI is InChI=1S/C29H34IN3O4S/c1-4-19-31-29(35)27(5-2)32(20-23-13-11-22(3)12-14-23)28(34)21-33(25-17-15-24(30)16-18-25)38(36,37)26-9-7-6-8-10-26/h6-18,27H,4-5,19-21H2,1-3H3,(H,31,35)/t27-/m1/s1. The number of rotatable bonds is 12. The van der Waals surface area contributed by atoms with E-state index in [0.29, 0.717) is 18.7 Å². The summed E-state index contributed by atoms with van der Waals surface area (Å²) in [7, 11) is -4.06. The molecule has 0 radical (unpaired) electrons. The van der Waals surface area contributed by atoms with Gasteiger partial charge < -0.3 is 10.2 Å². The number of anilines is 1. The number of hydrogen-bond acceptors (Lipinski definition) is 4. The highest BCUT2D eigenvalue weighted by molar-refractivity contribution is 14.1. The molecule has 0 fully saturated rings. The van der Waals surface area contributed by atoms with Crippen molar-refractivity contribution < 1.29 is 18.0 Å². The molecule has 3 rings (SSSR count). The number of nitrogens with one attached hydrogen (secondary N) is 1. The van der Waals surface area contributed by atoms with E-state index in [0.717, 1.165) is 25.4 Å². The number of sulfonamides is 1. The molecule has 3 aromatic carbocycles. The third-order valence-electron chi connectivity index (χ3n) is 6.13. The Bertz CT molecular complexity index is 1310. The van der Waals surface area contributed by atoms with Crippen LogP contribution in [0.25, 0.3) is 0 Å². The van der Waals surface area contributed by atoms with E-state index in [-0.39, 0.29) is 17.3 Å². The lowest BCUT2D eigenvalue weighted by atomic mass is 10.1. The number of hydrogen-bond donors (Lipinski definition) is 1. The number of nitrogens with zero attached hydrogens (tertiary/aromatic N) is 2. The molecule has 7 nitrogen and oxygen atoms in total. The first kappa shape index (κ1) is 29.6. The predicted molar refractivity (Wildman–Crippen MR) is 159 cm³/mol. The van der Waals surface area contributed by atoms with E-state index >= 15 is 0 Å². The van der Waals surface area contributed by atoms with Crippen LogP contribution in [0.3, 0.4) is 0 Å². The summed E-state index contributed by atoms with van der Waals surface area (Å²) in [4.78, 5) is 28.6. The number of halogens is 1. The summed E-state index contributed by atoms with van der Waals surface area (Å²) in [6.07, 6.45) is 1.16. The molecule has 3 aromatic rings. The van der Waals surface area contributed by atoms with Gasteiger partial charge in [-0.3, -0.25) is 13.9 Å². The first-order valence-corrected chi connectivity index (χ1v) is 15.1. The molecule has 1 N–H and O–H groups in total. The second-order valence-electron chi connectivity index (χ2n) is 9.02. The fraction of sp³-hybridized carbons (Fsp3) is 0.310. The van der Waals surface area contributed by atoms with Gasteiger partial charge in [0, 0.05) is 16.7 Å². The van der Waals surface area contributed by atoms with Crippen LogP contribution in [-0.4, -0.2) is 44.3 Å². The number of carbonyl (C=O) groups is 2. The van der Waals surface area contributed by atoms with Gasteiger partial charge in [-0.2, -0.15) is 0 Å². The topological polar surface area (TPSA) is 86.8 Å². The Balaban J connectivity index is 2.02. The molecule has 0 spiro atoms. The SMILES string of the molecule is CCCNC(=O)[C@@H](CC)N(Cc1ccc(C)cc1)C(=O)CN(c1ccc(I)cc1)S(=O)(=O)c1ccccc1. The minimum Gasteiger partial charge on any atom is -0.354 e. The van der Waals surface area contributed by atoms with E-state index in [1.165, 1.54) is 17.0 Å². The summed E-state index contributed by atoms with van der Waals surface area (Å²) in [6, 6.07) is 22.0. The van der Waals surface area contributed by atoms with E-state index < -0.39 is 28.5 Å². The minimum atomic E-state index is -4.06. The molecule has 9 heteroatoms. The Morgan fingerprint density at radius 2 is 1.55 bits per heavy atom. The summed E-state index contributed by atoms with van der Waals surface area (Å²) in [5.41, 5.74) is 2.32. The van der Waals surface area contributed by atoms with Crippen molar-refractivity contribution in [2.24, 2.45) is 0 Å². The van der Waals surface area contributed by atoms with Crippen LogP contribution in [0.1, 0.15) is 37.8 Å². The van der Waals surface area contributed by atoms with Crippen molar-refractivity contribution in [3.63, 3.8) is 0 Å². The van der Waals surface area contributed by atoms with E-state index in [9.17, 15) is 18.0 Å². The zero-order chi connectivity index (χ0) is 27.7. The van der Waals surface area contributed by atoms with Gasteiger partial charge in [0.25, 0.3) is 10.0 Å².